The number of nitrogens with one attached hydrogen (secondary N) is 1. The lowest BCUT2D eigenvalue weighted by molar-refractivity contribution is -0.883. The van der Waals surface area contributed by atoms with E-state index in [1.807, 2.05) is 36.1 Å². The zero-order chi connectivity index (χ0) is 15.9. The van der Waals surface area contributed by atoms with Crippen LogP contribution in [0.15, 0.2) is 24.3 Å². The average molecular weight is 305 g/mol. The number of hydrogen-bond acceptors (Lipinski definition) is 3. The van der Waals surface area contributed by atoms with Crippen LogP contribution in [-0.4, -0.2) is 57.8 Å². The summed E-state index contributed by atoms with van der Waals surface area (Å²) >= 11 is 0. The first-order chi connectivity index (χ1) is 10.6. The Balaban J connectivity index is 2.01. The van der Waals surface area contributed by atoms with Gasteiger partial charge in [0.1, 0.15) is 0 Å². The van der Waals surface area contributed by atoms with Crippen LogP contribution < -0.4 is 14.4 Å². The summed E-state index contributed by atoms with van der Waals surface area (Å²) in [6.45, 7) is 6.19. The number of benzene rings is 1. The van der Waals surface area contributed by atoms with Crippen molar-refractivity contribution in [3.8, 4) is 11.5 Å². The van der Waals surface area contributed by atoms with Crippen LogP contribution in [0.4, 0.5) is 0 Å². The summed E-state index contributed by atoms with van der Waals surface area (Å²) in [6.07, 6.45) is 3.46. The first-order valence-corrected chi connectivity index (χ1v) is 7.73. The number of rotatable bonds is 5. The van der Waals surface area contributed by atoms with Crippen molar-refractivity contribution in [1.82, 2.24) is 4.90 Å². The second kappa shape index (κ2) is 7.84. The Morgan fingerprint density at radius 2 is 2.05 bits per heavy atom. The number of likely N-dealkylation sites (N-methyl/N-ethyl adjacent to an activating group) is 1. The number of methoxy groups -OCH3 is 1. The van der Waals surface area contributed by atoms with E-state index in [0.29, 0.717) is 12.4 Å². The van der Waals surface area contributed by atoms with Crippen LogP contribution in [-0.2, 0) is 4.79 Å². The molecule has 1 amide bonds. The van der Waals surface area contributed by atoms with Gasteiger partial charge in [-0.25, -0.2) is 0 Å². The van der Waals surface area contributed by atoms with E-state index < -0.39 is 0 Å². The van der Waals surface area contributed by atoms with E-state index in [0.717, 1.165) is 37.5 Å². The highest BCUT2D eigenvalue weighted by Gasteiger charge is 2.19. The Morgan fingerprint density at radius 3 is 2.68 bits per heavy atom. The largest absolute Gasteiger partial charge is 0.493 e. The van der Waals surface area contributed by atoms with E-state index in [9.17, 15) is 4.79 Å². The van der Waals surface area contributed by atoms with Crippen molar-refractivity contribution >= 4 is 12.0 Å². The SMILES string of the molecule is CCOc1ccc(/C=C/C(=O)N2CC[NH+](C)CC2)cc1OC. The third-order valence-corrected chi connectivity index (χ3v) is 3.83. The van der Waals surface area contributed by atoms with Gasteiger partial charge in [-0.1, -0.05) is 6.07 Å². The minimum absolute atomic E-state index is 0.0698. The molecule has 0 unspecified atom stereocenters. The summed E-state index contributed by atoms with van der Waals surface area (Å²) in [5.41, 5.74) is 0.924. The van der Waals surface area contributed by atoms with Gasteiger partial charge >= 0.3 is 0 Å². The van der Waals surface area contributed by atoms with E-state index in [2.05, 4.69) is 7.05 Å². The molecule has 1 aliphatic heterocycles. The summed E-state index contributed by atoms with van der Waals surface area (Å²) in [5, 5.41) is 0. The molecule has 1 heterocycles. The molecule has 0 aromatic heterocycles. The van der Waals surface area contributed by atoms with Crippen molar-refractivity contribution in [2.75, 3.05) is 46.9 Å². The van der Waals surface area contributed by atoms with Gasteiger partial charge in [-0.05, 0) is 30.7 Å². The fourth-order valence-electron chi connectivity index (χ4n) is 2.44. The highest BCUT2D eigenvalue weighted by molar-refractivity contribution is 5.91. The number of ether oxygens (including phenoxy) is 2. The van der Waals surface area contributed by atoms with E-state index in [-0.39, 0.29) is 5.91 Å². The summed E-state index contributed by atoms with van der Waals surface area (Å²) < 4.78 is 10.8. The molecule has 1 aliphatic rings. The predicted octanol–water partition coefficient (Wildman–Crippen LogP) is 0.464. The molecule has 0 saturated carbocycles. The molecular weight excluding hydrogens is 280 g/mol. The van der Waals surface area contributed by atoms with Gasteiger partial charge < -0.3 is 19.3 Å². The molecule has 2 rings (SSSR count). The highest BCUT2D eigenvalue weighted by Crippen LogP contribution is 2.28. The normalized spacial score (nSPS) is 16.0. The molecule has 0 aliphatic carbocycles. The zero-order valence-electron chi connectivity index (χ0n) is 13.6. The molecule has 1 aromatic rings. The molecule has 1 aromatic carbocycles. The molecule has 0 atom stereocenters. The van der Waals surface area contributed by atoms with Crippen molar-refractivity contribution in [2.24, 2.45) is 0 Å². The van der Waals surface area contributed by atoms with Crippen LogP contribution in [0.2, 0.25) is 0 Å². The quantitative estimate of drug-likeness (QED) is 0.804. The van der Waals surface area contributed by atoms with E-state index in [1.165, 1.54) is 4.90 Å². The minimum atomic E-state index is 0.0698. The minimum Gasteiger partial charge on any atom is -0.493 e. The van der Waals surface area contributed by atoms with Gasteiger partial charge in [0.05, 0.1) is 46.9 Å². The Labute approximate surface area is 132 Å². The summed E-state index contributed by atoms with van der Waals surface area (Å²) in [6, 6.07) is 5.67. The number of hydrogen-bond donors (Lipinski definition) is 1. The second-order valence-corrected chi connectivity index (χ2v) is 5.46. The molecule has 120 valence electrons. The molecule has 5 heteroatoms. The van der Waals surface area contributed by atoms with Crippen LogP contribution in [0, 0.1) is 0 Å². The number of nitrogens with zero attached hydrogens (tertiary/aromatic N) is 1. The summed E-state index contributed by atoms with van der Waals surface area (Å²) in [5.74, 6) is 1.47. The van der Waals surface area contributed by atoms with Crippen molar-refractivity contribution < 1.29 is 19.2 Å². The van der Waals surface area contributed by atoms with Crippen molar-refractivity contribution in [3.63, 3.8) is 0 Å². The number of quaternary nitrogens is 1. The van der Waals surface area contributed by atoms with Gasteiger partial charge in [-0.3, -0.25) is 4.79 Å². The topological polar surface area (TPSA) is 43.2 Å². The molecule has 5 nitrogen and oxygen atoms in total. The maximum atomic E-state index is 12.2. The van der Waals surface area contributed by atoms with E-state index in [4.69, 9.17) is 9.47 Å². The monoisotopic (exact) mass is 305 g/mol. The van der Waals surface area contributed by atoms with Gasteiger partial charge in [-0.15, -0.1) is 0 Å². The third kappa shape index (κ3) is 4.24. The maximum absolute atomic E-state index is 12.2. The van der Waals surface area contributed by atoms with Crippen LogP contribution >= 0.6 is 0 Å². The predicted molar refractivity (Wildman–Crippen MR) is 86.4 cm³/mol. The van der Waals surface area contributed by atoms with Gasteiger partial charge in [0.25, 0.3) is 0 Å². The fourth-order valence-corrected chi connectivity index (χ4v) is 2.44. The number of amides is 1. The van der Waals surface area contributed by atoms with Crippen LogP contribution in [0.1, 0.15) is 12.5 Å². The summed E-state index contributed by atoms with van der Waals surface area (Å²) in [7, 11) is 3.77. The second-order valence-electron chi connectivity index (χ2n) is 5.46. The molecule has 1 saturated heterocycles. The lowest BCUT2D eigenvalue weighted by Gasteiger charge is -2.29. The standard InChI is InChI=1S/C17H24N2O3/c1-4-22-15-7-5-14(13-16(15)21-3)6-8-17(20)19-11-9-18(2)10-12-19/h5-8,13H,4,9-12H2,1-3H3/p+1/b8-6+. The van der Waals surface area contributed by atoms with Gasteiger partial charge in [0, 0.05) is 6.08 Å². The zero-order valence-corrected chi connectivity index (χ0v) is 13.6. The van der Waals surface area contributed by atoms with Crippen LogP contribution in [0.25, 0.3) is 6.08 Å². The Kier molecular flexibility index (Phi) is 5.83. The first kappa shape index (κ1) is 16.4. The number of piperazine rings is 1. The van der Waals surface area contributed by atoms with Gasteiger partial charge in [0.2, 0.25) is 5.91 Å². The lowest BCUT2D eigenvalue weighted by Crippen LogP contribution is -3.12. The molecular formula is C17H25N2O3+. The first-order valence-electron chi connectivity index (χ1n) is 7.73. The molecule has 1 N–H and O–H groups in total. The van der Waals surface area contributed by atoms with Crippen LogP contribution in [0.3, 0.4) is 0 Å². The van der Waals surface area contributed by atoms with Crippen molar-refractivity contribution in [1.29, 1.82) is 0 Å². The number of carbonyl (C=O) groups excluding carboxylic acids is 1. The molecule has 1 fully saturated rings. The molecule has 22 heavy (non-hydrogen) atoms. The lowest BCUT2D eigenvalue weighted by atomic mass is 10.2. The third-order valence-electron chi connectivity index (χ3n) is 3.83. The van der Waals surface area contributed by atoms with Crippen molar-refractivity contribution in [3.05, 3.63) is 29.8 Å². The summed E-state index contributed by atoms with van der Waals surface area (Å²) in [4.78, 5) is 15.6. The van der Waals surface area contributed by atoms with Crippen molar-refractivity contribution in [2.45, 2.75) is 6.92 Å². The maximum Gasteiger partial charge on any atom is 0.246 e. The Morgan fingerprint density at radius 1 is 1.32 bits per heavy atom. The molecule has 0 radical (unpaired) electrons. The smallest absolute Gasteiger partial charge is 0.246 e. The van der Waals surface area contributed by atoms with Gasteiger partial charge in [-0.2, -0.15) is 0 Å². The van der Waals surface area contributed by atoms with Gasteiger partial charge in [0.15, 0.2) is 11.5 Å². The Hall–Kier alpha value is -2.01. The average Bonchev–Trinajstić information content (AvgIpc) is 2.54. The van der Waals surface area contributed by atoms with E-state index in [1.54, 1.807) is 13.2 Å². The number of carbonyl (C=O) groups is 1. The highest BCUT2D eigenvalue weighted by atomic mass is 16.5. The van der Waals surface area contributed by atoms with Crippen LogP contribution in [0.5, 0.6) is 11.5 Å². The fraction of sp³-hybridized carbons (Fsp3) is 0.471. The van der Waals surface area contributed by atoms with E-state index >= 15 is 0 Å². The Bertz CT molecular complexity index is 535. The molecule has 0 bridgehead atoms. The molecule has 0 spiro atoms.